The molecule has 3 aromatic rings. The number of nitrogens with zero attached hydrogens (tertiary/aromatic N) is 5. The lowest BCUT2D eigenvalue weighted by molar-refractivity contribution is -0.137. The maximum absolute atomic E-state index is 16.5. The van der Waals surface area contributed by atoms with Crippen molar-refractivity contribution in [1.29, 1.82) is 0 Å². The number of anilines is 2. The summed E-state index contributed by atoms with van der Waals surface area (Å²) < 4.78 is 98.9. The number of hydrogen-bond acceptors (Lipinski definition) is 10. The minimum absolute atomic E-state index is 0.0464. The first-order valence-electron chi connectivity index (χ1n) is 14.8. The van der Waals surface area contributed by atoms with E-state index in [0.717, 1.165) is 25.8 Å². The number of pyridine rings is 2. The quantitative estimate of drug-likeness (QED) is 0.324. The number of hydrogen-bond donors (Lipinski definition) is 3. The molecule has 0 radical (unpaired) electrons. The minimum atomic E-state index is -4.90. The molecular formula is C29H34F6N8O2. The Hall–Kier alpha value is -3.66. The van der Waals surface area contributed by atoms with Crippen molar-refractivity contribution in [2.45, 2.75) is 57.7 Å². The van der Waals surface area contributed by atoms with Crippen LogP contribution in [0.3, 0.4) is 0 Å². The van der Waals surface area contributed by atoms with Crippen LogP contribution >= 0.6 is 0 Å². The van der Waals surface area contributed by atoms with Gasteiger partial charge in [-0.15, -0.1) is 0 Å². The molecule has 2 fully saturated rings. The Morgan fingerprint density at radius 1 is 1.11 bits per heavy atom. The standard InChI is InChI=1S/C29H34F6N8O2/c1-15-3-7-37-8-9-38-24-19-23(41-26(42-24)44-14-27(4-5-27)12-43-10-6-28(31,32)13-43)21(30)22(40-25(19)45-15)17-11-18(36)39-16(2)20(17)29(33,34)35/h11,15,37H,3-10,12-14H2,1-2H3,(H2,36,39)(H,38,41,42). The van der Waals surface area contributed by atoms with E-state index >= 15 is 4.39 Å². The molecule has 6 rings (SSSR count). The predicted octanol–water partition coefficient (Wildman–Crippen LogP) is 4.81. The van der Waals surface area contributed by atoms with Gasteiger partial charge in [-0.1, -0.05) is 0 Å². The van der Waals surface area contributed by atoms with Gasteiger partial charge in [0.05, 0.1) is 30.5 Å². The third-order valence-electron chi connectivity index (χ3n) is 8.40. The molecule has 0 spiro atoms. The summed E-state index contributed by atoms with van der Waals surface area (Å²) in [7, 11) is 0. The van der Waals surface area contributed by atoms with Crippen LogP contribution in [-0.2, 0) is 6.18 Å². The number of nitrogen functional groups attached to an aromatic ring is 1. The highest BCUT2D eigenvalue weighted by Crippen LogP contribution is 2.48. The van der Waals surface area contributed by atoms with Gasteiger partial charge in [-0.25, -0.2) is 23.1 Å². The lowest BCUT2D eigenvalue weighted by Gasteiger charge is -2.23. The van der Waals surface area contributed by atoms with E-state index in [-0.39, 0.29) is 66.0 Å². The summed E-state index contributed by atoms with van der Waals surface area (Å²) in [6.45, 7) is 4.86. The normalized spacial score (nSPS) is 21.6. The summed E-state index contributed by atoms with van der Waals surface area (Å²) in [4.78, 5) is 18.5. The maximum atomic E-state index is 16.5. The summed E-state index contributed by atoms with van der Waals surface area (Å²) in [6.07, 6.45) is -3.51. The second-order valence-electron chi connectivity index (χ2n) is 12.2. The van der Waals surface area contributed by atoms with E-state index in [2.05, 4.69) is 30.6 Å². The first-order valence-corrected chi connectivity index (χ1v) is 14.8. The van der Waals surface area contributed by atoms with Gasteiger partial charge in [0, 0.05) is 43.6 Å². The van der Waals surface area contributed by atoms with E-state index < -0.39 is 46.5 Å². The highest BCUT2D eigenvalue weighted by atomic mass is 19.4. The molecular weight excluding hydrogens is 606 g/mol. The molecule has 1 unspecified atom stereocenters. The third-order valence-corrected chi connectivity index (χ3v) is 8.40. The monoisotopic (exact) mass is 640 g/mol. The summed E-state index contributed by atoms with van der Waals surface area (Å²) in [5.74, 6) is -4.14. The number of aromatic nitrogens is 4. The molecule has 1 saturated carbocycles. The van der Waals surface area contributed by atoms with Gasteiger partial charge in [0.25, 0.3) is 5.92 Å². The van der Waals surface area contributed by atoms with Crippen molar-refractivity contribution in [3.05, 3.63) is 23.1 Å². The van der Waals surface area contributed by atoms with Crippen LogP contribution in [0.4, 0.5) is 38.0 Å². The molecule has 1 saturated heterocycles. The van der Waals surface area contributed by atoms with Gasteiger partial charge >= 0.3 is 12.2 Å². The van der Waals surface area contributed by atoms with Crippen LogP contribution in [0.15, 0.2) is 6.07 Å². The summed E-state index contributed by atoms with van der Waals surface area (Å²) in [5.41, 5.74) is 2.19. The van der Waals surface area contributed by atoms with E-state index in [1.165, 1.54) is 0 Å². The minimum Gasteiger partial charge on any atom is -0.474 e. The molecule has 3 aliphatic rings. The first-order chi connectivity index (χ1) is 21.2. The highest BCUT2D eigenvalue weighted by molar-refractivity contribution is 5.96. The van der Waals surface area contributed by atoms with Crippen molar-refractivity contribution >= 4 is 22.5 Å². The highest BCUT2D eigenvalue weighted by Gasteiger charge is 2.48. The van der Waals surface area contributed by atoms with E-state index in [1.54, 1.807) is 11.8 Å². The number of halogens is 6. The molecule has 0 amide bonds. The zero-order chi connectivity index (χ0) is 32.1. The van der Waals surface area contributed by atoms with Crippen LogP contribution in [0.25, 0.3) is 22.2 Å². The van der Waals surface area contributed by atoms with Gasteiger partial charge in [-0.2, -0.15) is 23.1 Å². The zero-order valence-electron chi connectivity index (χ0n) is 24.8. The van der Waals surface area contributed by atoms with Crippen LogP contribution in [0, 0.1) is 18.2 Å². The lowest BCUT2D eigenvalue weighted by Crippen LogP contribution is -2.33. The summed E-state index contributed by atoms with van der Waals surface area (Å²) >= 11 is 0. The molecule has 16 heteroatoms. The van der Waals surface area contributed by atoms with Crippen LogP contribution in [0.1, 0.15) is 43.9 Å². The number of rotatable bonds is 6. The fraction of sp³-hybridized carbons (Fsp3) is 0.586. The van der Waals surface area contributed by atoms with E-state index in [0.29, 0.717) is 32.6 Å². The number of nitrogens with two attached hydrogens (primary N) is 1. The molecule has 1 atom stereocenters. The molecule has 0 aromatic carbocycles. The molecule has 4 N–H and O–H groups in total. The lowest BCUT2D eigenvalue weighted by atomic mass is 10.0. The molecule has 45 heavy (non-hydrogen) atoms. The Morgan fingerprint density at radius 2 is 1.89 bits per heavy atom. The van der Waals surface area contributed by atoms with Crippen LogP contribution in [0.5, 0.6) is 11.9 Å². The molecule has 2 aliphatic heterocycles. The fourth-order valence-corrected chi connectivity index (χ4v) is 5.93. The number of nitrogens with one attached hydrogen (secondary N) is 2. The molecule has 0 bridgehead atoms. The van der Waals surface area contributed by atoms with Gasteiger partial charge in [0.1, 0.15) is 28.2 Å². The van der Waals surface area contributed by atoms with Crippen LogP contribution in [-0.4, -0.2) is 82.7 Å². The average molecular weight is 641 g/mol. The SMILES string of the molecule is Cc1nc(N)cc(-c2nc3c4c(nc(OCC5(CN6CCC(F)(F)C6)CC5)nc4c2F)NCCNCCC(C)O3)c1C(F)(F)F. The van der Waals surface area contributed by atoms with Gasteiger partial charge in [0.2, 0.25) is 5.88 Å². The molecule has 3 aromatic heterocycles. The smallest absolute Gasteiger partial charge is 0.418 e. The van der Waals surface area contributed by atoms with Gasteiger partial charge < -0.3 is 25.8 Å². The fourth-order valence-electron chi connectivity index (χ4n) is 5.93. The van der Waals surface area contributed by atoms with Crippen molar-refractivity contribution in [3.63, 3.8) is 0 Å². The number of likely N-dealkylation sites (tertiary alicyclic amines) is 1. The zero-order valence-corrected chi connectivity index (χ0v) is 24.8. The summed E-state index contributed by atoms with van der Waals surface area (Å²) in [5, 5.41) is 6.42. The molecule has 1 aliphatic carbocycles. The maximum Gasteiger partial charge on any atom is 0.418 e. The van der Waals surface area contributed by atoms with E-state index in [9.17, 15) is 22.0 Å². The summed E-state index contributed by atoms with van der Waals surface area (Å²) in [6, 6.07) is 0.705. The largest absolute Gasteiger partial charge is 0.474 e. The van der Waals surface area contributed by atoms with Crippen molar-refractivity contribution < 1.29 is 35.8 Å². The second kappa shape index (κ2) is 11.6. The Bertz CT molecular complexity index is 1600. The topological polar surface area (TPSA) is 123 Å². The predicted molar refractivity (Wildman–Crippen MR) is 154 cm³/mol. The first kappa shape index (κ1) is 31.3. The molecule has 10 nitrogen and oxygen atoms in total. The number of alkyl halides is 5. The van der Waals surface area contributed by atoms with Crippen LogP contribution < -0.4 is 25.8 Å². The van der Waals surface area contributed by atoms with Gasteiger partial charge in [0.15, 0.2) is 5.82 Å². The van der Waals surface area contributed by atoms with E-state index in [4.69, 9.17) is 15.2 Å². The Morgan fingerprint density at radius 3 is 2.58 bits per heavy atom. The van der Waals surface area contributed by atoms with Gasteiger partial charge in [-0.3, -0.25) is 4.90 Å². The Labute approximate surface area is 255 Å². The van der Waals surface area contributed by atoms with Crippen LogP contribution in [0.2, 0.25) is 0 Å². The third kappa shape index (κ3) is 6.66. The van der Waals surface area contributed by atoms with Gasteiger partial charge in [-0.05, 0) is 45.7 Å². The van der Waals surface area contributed by atoms with Crippen molar-refractivity contribution in [3.8, 4) is 23.1 Å². The van der Waals surface area contributed by atoms with Crippen molar-refractivity contribution in [2.75, 3.05) is 56.9 Å². The van der Waals surface area contributed by atoms with E-state index in [1.807, 2.05) is 0 Å². The molecule has 5 heterocycles. The number of ether oxygens (including phenoxy) is 2. The average Bonchev–Trinajstić information content (AvgIpc) is 3.63. The number of aryl methyl sites for hydroxylation is 1. The van der Waals surface area contributed by atoms with Crippen molar-refractivity contribution in [2.24, 2.45) is 5.41 Å². The Balaban J connectivity index is 1.45. The Kier molecular flexibility index (Phi) is 8.08. The molecule has 244 valence electrons. The second-order valence-corrected chi connectivity index (χ2v) is 12.2. The van der Waals surface area contributed by atoms with Crippen molar-refractivity contribution in [1.82, 2.24) is 30.2 Å².